The molecule has 2 amide bonds. The SMILES string of the molecule is O=C1CCCN1CCN1CC(n2cc(N3CCCC3=O)cn2)C1. The van der Waals surface area contributed by atoms with Crippen molar-refractivity contribution in [2.75, 3.05) is 44.2 Å². The van der Waals surface area contributed by atoms with E-state index >= 15 is 0 Å². The topological polar surface area (TPSA) is 61.7 Å². The van der Waals surface area contributed by atoms with Crippen LogP contribution in [0.4, 0.5) is 5.69 Å². The van der Waals surface area contributed by atoms with Crippen LogP contribution in [0.5, 0.6) is 0 Å². The zero-order valence-electron chi connectivity index (χ0n) is 13.4. The van der Waals surface area contributed by atoms with Crippen molar-refractivity contribution in [2.45, 2.75) is 31.7 Å². The summed E-state index contributed by atoms with van der Waals surface area (Å²) in [6.45, 7) is 5.46. The average Bonchev–Trinajstić information content (AvgIpc) is 3.19. The minimum Gasteiger partial charge on any atom is -0.341 e. The number of amides is 2. The van der Waals surface area contributed by atoms with Gasteiger partial charge in [-0.05, 0) is 12.8 Å². The molecule has 0 saturated carbocycles. The average molecular weight is 317 g/mol. The second-order valence-electron chi connectivity index (χ2n) is 6.73. The van der Waals surface area contributed by atoms with Crippen molar-refractivity contribution in [1.29, 1.82) is 0 Å². The van der Waals surface area contributed by atoms with Crippen LogP contribution in [0, 0.1) is 0 Å². The van der Waals surface area contributed by atoms with E-state index in [1.165, 1.54) is 0 Å². The van der Waals surface area contributed by atoms with Crippen LogP contribution in [0.3, 0.4) is 0 Å². The Balaban J connectivity index is 1.26. The van der Waals surface area contributed by atoms with Crippen LogP contribution in [0.25, 0.3) is 0 Å². The van der Waals surface area contributed by atoms with Crippen molar-refractivity contribution < 1.29 is 9.59 Å². The Kier molecular flexibility index (Phi) is 3.80. The maximum Gasteiger partial charge on any atom is 0.227 e. The van der Waals surface area contributed by atoms with Gasteiger partial charge in [0.25, 0.3) is 0 Å². The third kappa shape index (κ3) is 2.85. The van der Waals surface area contributed by atoms with Gasteiger partial charge in [0.1, 0.15) is 0 Å². The number of likely N-dealkylation sites (tertiary alicyclic amines) is 2. The quantitative estimate of drug-likeness (QED) is 0.793. The maximum absolute atomic E-state index is 11.8. The fourth-order valence-corrected chi connectivity index (χ4v) is 3.68. The number of carbonyl (C=O) groups is 2. The van der Waals surface area contributed by atoms with E-state index in [1.54, 1.807) is 6.20 Å². The third-order valence-electron chi connectivity index (χ3n) is 5.14. The summed E-state index contributed by atoms with van der Waals surface area (Å²) in [5.41, 5.74) is 0.925. The Morgan fingerprint density at radius 2 is 1.83 bits per heavy atom. The monoisotopic (exact) mass is 317 g/mol. The molecule has 0 radical (unpaired) electrons. The highest BCUT2D eigenvalue weighted by Crippen LogP contribution is 2.25. The van der Waals surface area contributed by atoms with E-state index in [0.717, 1.165) is 57.8 Å². The van der Waals surface area contributed by atoms with E-state index in [9.17, 15) is 9.59 Å². The van der Waals surface area contributed by atoms with Crippen molar-refractivity contribution in [3.63, 3.8) is 0 Å². The first-order chi connectivity index (χ1) is 11.2. The van der Waals surface area contributed by atoms with Crippen molar-refractivity contribution in [3.05, 3.63) is 12.4 Å². The molecule has 124 valence electrons. The zero-order valence-corrected chi connectivity index (χ0v) is 13.4. The lowest BCUT2D eigenvalue weighted by Crippen LogP contribution is -2.50. The molecule has 23 heavy (non-hydrogen) atoms. The van der Waals surface area contributed by atoms with E-state index in [0.29, 0.717) is 24.8 Å². The van der Waals surface area contributed by atoms with Crippen molar-refractivity contribution in [1.82, 2.24) is 19.6 Å². The van der Waals surface area contributed by atoms with Crippen molar-refractivity contribution >= 4 is 17.5 Å². The molecule has 7 heteroatoms. The summed E-state index contributed by atoms with van der Waals surface area (Å²) in [5, 5.41) is 4.43. The van der Waals surface area contributed by atoms with Gasteiger partial charge in [-0.3, -0.25) is 19.2 Å². The summed E-state index contributed by atoms with van der Waals surface area (Å²) in [7, 11) is 0. The number of nitrogens with zero attached hydrogens (tertiary/aromatic N) is 5. The van der Waals surface area contributed by atoms with Gasteiger partial charge in [-0.25, -0.2) is 0 Å². The van der Waals surface area contributed by atoms with Crippen LogP contribution in [0.15, 0.2) is 12.4 Å². The molecular formula is C16H23N5O2. The molecular weight excluding hydrogens is 294 g/mol. The number of anilines is 1. The summed E-state index contributed by atoms with van der Waals surface area (Å²) in [6.07, 6.45) is 7.11. The Bertz CT molecular complexity index is 607. The molecule has 1 aromatic heterocycles. The maximum atomic E-state index is 11.8. The lowest BCUT2D eigenvalue weighted by Gasteiger charge is -2.39. The summed E-state index contributed by atoms with van der Waals surface area (Å²) < 4.78 is 1.98. The van der Waals surface area contributed by atoms with Crippen LogP contribution in [-0.4, -0.2) is 70.7 Å². The molecule has 4 heterocycles. The Morgan fingerprint density at radius 3 is 2.52 bits per heavy atom. The largest absolute Gasteiger partial charge is 0.341 e. The number of hydrogen-bond donors (Lipinski definition) is 0. The highest BCUT2D eigenvalue weighted by molar-refractivity contribution is 5.95. The van der Waals surface area contributed by atoms with Crippen LogP contribution >= 0.6 is 0 Å². The van der Waals surface area contributed by atoms with Crippen LogP contribution in [-0.2, 0) is 9.59 Å². The summed E-state index contributed by atoms with van der Waals surface area (Å²) in [4.78, 5) is 29.5. The number of aromatic nitrogens is 2. The van der Waals surface area contributed by atoms with Gasteiger partial charge >= 0.3 is 0 Å². The molecule has 7 nitrogen and oxygen atoms in total. The van der Waals surface area contributed by atoms with E-state index in [2.05, 4.69) is 10.00 Å². The second kappa shape index (κ2) is 5.96. The number of carbonyl (C=O) groups excluding carboxylic acids is 2. The van der Waals surface area contributed by atoms with Gasteiger partial charge < -0.3 is 9.80 Å². The predicted molar refractivity (Wildman–Crippen MR) is 85.1 cm³/mol. The van der Waals surface area contributed by atoms with E-state index < -0.39 is 0 Å². The third-order valence-corrected chi connectivity index (χ3v) is 5.14. The summed E-state index contributed by atoms with van der Waals surface area (Å²) in [6, 6.07) is 0.385. The van der Waals surface area contributed by atoms with Gasteiger partial charge in [0.05, 0.1) is 17.9 Å². The van der Waals surface area contributed by atoms with Crippen molar-refractivity contribution in [3.8, 4) is 0 Å². The van der Waals surface area contributed by atoms with E-state index in [4.69, 9.17) is 0 Å². The number of rotatable bonds is 5. The van der Waals surface area contributed by atoms with Crippen LogP contribution < -0.4 is 4.90 Å². The lowest BCUT2D eigenvalue weighted by atomic mass is 10.1. The molecule has 3 aliphatic rings. The van der Waals surface area contributed by atoms with E-state index in [-0.39, 0.29) is 5.91 Å². The minimum atomic E-state index is 0.204. The first-order valence-corrected chi connectivity index (χ1v) is 8.55. The molecule has 3 fully saturated rings. The summed E-state index contributed by atoms with van der Waals surface area (Å²) in [5.74, 6) is 0.504. The minimum absolute atomic E-state index is 0.204. The van der Waals surface area contributed by atoms with Gasteiger partial charge in [-0.15, -0.1) is 0 Å². The molecule has 0 unspecified atom stereocenters. The second-order valence-corrected chi connectivity index (χ2v) is 6.73. The molecule has 3 saturated heterocycles. The molecule has 0 aromatic carbocycles. The van der Waals surface area contributed by atoms with Crippen molar-refractivity contribution in [2.24, 2.45) is 0 Å². The standard InChI is InChI=1S/C16H23N5O2/c22-15-3-1-5-19(15)8-7-18-10-14(11-18)21-12-13(9-17-21)20-6-2-4-16(20)23/h9,12,14H,1-8,10-11H2. The summed E-state index contributed by atoms with van der Waals surface area (Å²) >= 11 is 0. The highest BCUT2D eigenvalue weighted by Gasteiger charge is 2.31. The van der Waals surface area contributed by atoms with Gasteiger partial charge in [0.2, 0.25) is 11.8 Å². The van der Waals surface area contributed by atoms with Gasteiger partial charge in [-0.1, -0.05) is 0 Å². The molecule has 3 aliphatic heterocycles. The molecule has 0 aliphatic carbocycles. The van der Waals surface area contributed by atoms with Gasteiger partial charge in [-0.2, -0.15) is 5.10 Å². The lowest BCUT2D eigenvalue weighted by molar-refractivity contribution is -0.128. The highest BCUT2D eigenvalue weighted by atomic mass is 16.2. The molecule has 0 spiro atoms. The Hall–Kier alpha value is -1.89. The first kappa shape index (κ1) is 14.7. The molecule has 0 bridgehead atoms. The zero-order chi connectivity index (χ0) is 15.8. The Morgan fingerprint density at radius 1 is 1.04 bits per heavy atom. The molecule has 0 N–H and O–H groups in total. The molecule has 0 atom stereocenters. The smallest absolute Gasteiger partial charge is 0.227 e. The van der Waals surface area contributed by atoms with Gasteiger partial charge in [0.15, 0.2) is 0 Å². The fraction of sp³-hybridized carbons (Fsp3) is 0.688. The van der Waals surface area contributed by atoms with E-state index in [1.807, 2.05) is 20.7 Å². The number of hydrogen-bond acceptors (Lipinski definition) is 4. The van der Waals surface area contributed by atoms with Gasteiger partial charge in [0, 0.05) is 58.3 Å². The fourth-order valence-electron chi connectivity index (χ4n) is 3.68. The Labute approximate surface area is 135 Å². The van der Waals surface area contributed by atoms with Crippen LogP contribution in [0.2, 0.25) is 0 Å². The predicted octanol–water partition coefficient (Wildman–Crippen LogP) is 0.489. The van der Waals surface area contributed by atoms with Crippen LogP contribution in [0.1, 0.15) is 31.7 Å². The molecule has 4 rings (SSSR count). The normalized spacial score (nSPS) is 23.1. The first-order valence-electron chi connectivity index (χ1n) is 8.55. The molecule has 1 aromatic rings.